The van der Waals surface area contributed by atoms with Crippen LogP contribution in [0.1, 0.15) is 32.4 Å². The summed E-state index contributed by atoms with van der Waals surface area (Å²) in [5.41, 5.74) is 9.51. The molecule has 0 spiro atoms. The van der Waals surface area contributed by atoms with E-state index in [1.807, 2.05) is 18.3 Å². The third-order valence-electron chi connectivity index (χ3n) is 4.26. The maximum absolute atomic E-state index is 6.24. The predicted molar refractivity (Wildman–Crippen MR) is 94.2 cm³/mol. The Labute approximate surface area is 137 Å². The summed E-state index contributed by atoms with van der Waals surface area (Å²) in [5.74, 6) is 1.32. The Kier molecular flexibility index (Phi) is 4.86. The van der Waals surface area contributed by atoms with Crippen molar-refractivity contribution in [1.82, 2.24) is 4.98 Å². The van der Waals surface area contributed by atoms with Crippen molar-refractivity contribution in [3.63, 3.8) is 0 Å². The van der Waals surface area contributed by atoms with E-state index in [2.05, 4.69) is 35.1 Å². The standard InChI is InChI=1S/C18H26N4O/c1-3-5-15-9-17(22-11-13(2)8-14(19)12-22)16(10-20-15)21-18-6-4-7-23-18/h4,6-7,9-10,13-14,21H,3,5,8,11-12,19H2,1-2H3. The Morgan fingerprint density at radius 3 is 3.00 bits per heavy atom. The molecule has 1 aliphatic rings. The number of hydrogen-bond donors (Lipinski definition) is 2. The highest BCUT2D eigenvalue weighted by molar-refractivity contribution is 5.73. The van der Waals surface area contributed by atoms with Crippen LogP contribution in [0.4, 0.5) is 17.3 Å². The van der Waals surface area contributed by atoms with Gasteiger partial charge in [0, 0.05) is 30.9 Å². The first-order chi connectivity index (χ1) is 11.2. The van der Waals surface area contributed by atoms with Crippen LogP contribution in [0.25, 0.3) is 0 Å². The van der Waals surface area contributed by atoms with Crippen molar-refractivity contribution >= 4 is 17.3 Å². The molecule has 2 aromatic rings. The number of anilines is 3. The predicted octanol–water partition coefficient (Wildman–Crippen LogP) is 3.54. The quantitative estimate of drug-likeness (QED) is 0.883. The van der Waals surface area contributed by atoms with Crippen molar-refractivity contribution in [2.45, 2.75) is 39.2 Å². The maximum atomic E-state index is 6.24. The molecule has 1 saturated heterocycles. The smallest absolute Gasteiger partial charge is 0.197 e. The van der Waals surface area contributed by atoms with Crippen LogP contribution in [0, 0.1) is 5.92 Å². The Hall–Kier alpha value is -2.01. The molecule has 1 fully saturated rings. The molecule has 3 heterocycles. The van der Waals surface area contributed by atoms with Crippen molar-refractivity contribution < 1.29 is 4.42 Å². The fourth-order valence-electron chi connectivity index (χ4n) is 3.32. The minimum Gasteiger partial charge on any atom is -0.449 e. The van der Waals surface area contributed by atoms with Gasteiger partial charge in [-0.05, 0) is 30.9 Å². The molecule has 0 aromatic carbocycles. The maximum Gasteiger partial charge on any atom is 0.197 e. The number of pyridine rings is 1. The molecule has 0 bridgehead atoms. The topological polar surface area (TPSA) is 67.3 Å². The molecule has 124 valence electrons. The Balaban J connectivity index is 1.91. The number of furan rings is 1. The second kappa shape index (κ2) is 7.04. The van der Waals surface area contributed by atoms with Crippen LogP contribution in [0.2, 0.25) is 0 Å². The molecule has 2 aromatic heterocycles. The highest BCUT2D eigenvalue weighted by Gasteiger charge is 2.24. The van der Waals surface area contributed by atoms with Gasteiger partial charge in [0.1, 0.15) is 0 Å². The lowest BCUT2D eigenvalue weighted by molar-refractivity contribution is 0.402. The molecule has 5 nitrogen and oxygen atoms in total. The normalized spacial score (nSPS) is 21.4. The summed E-state index contributed by atoms with van der Waals surface area (Å²) in [5, 5.41) is 3.34. The molecule has 2 atom stereocenters. The van der Waals surface area contributed by atoms with Crippen molar-refractivity contribution in [3.05, 3.63) is 36.4 Å². The summed E-state index contributed by atoms with van der Waals surface area (Å²) in [4.78, 5) is 6.96. The monoisotopic (exact) mass is 314 g/mol. The van der Waals surface area contributed by atoms with Crippen molar-refractivity contribution in [3.8, 4) is 0 Å². The molecule has 23 heavy (non-hydrogen) atoms. The zero-order valence-corrected chi connectivity index (χ0v) is 14.0. The van der Waals surface area contributed by atoms with Gasteiger partial charge in [0.2, 0.25) is 0 Å². The molecule has 3 rings (SSSR count). The average Bonchev–Trinajstić information content (AvgIpc) is 3.01. The van der Waals surface area contributed by atoms with Crippen LogP contribution in [0.15, 0.2) is 35.1 Å². The lowest BCUT2D eigenvalue weighted by atomic mass is 9.96. The van der Waals surface area contributed by atoms with Gasteiger partial charge in [0.05, 0.1) is 23.8 Å². The van der Waals surface area contributed by atoms with Crippen LogP contribution in [-0.4, -0.2) is 24.1 Å². The van der Waals surface area contributed by atoms with Crippen molar-refractivity contribution in [2.75, 3.05) is 23.3 Å². The first-order valence-corrected chi connectivity index (χ1v) is 8.45. The summed E-state index contributed by atoms with van der Waals surface area (Å²) < 4.78 is 5.42. The molecule has 0 aliphatic carbocycles. The molecule has 2 unspecified atom stereocenters. The van der Waals surface area contributed by atoms with E-state index in [9.17, 15) is 0 Å². The van der Waals surface area contributed by atoms with E-state index >= 15 is 0 Å². The minimum atomic E-state index is 0.220. The summed E-state index contributed by atoms with van der Waals surface area (Å²) >= 11 is 0. The molecule has 1 aliphatic heterocycles. The molecule has 3 N–H and O–H groups in total. The third kappa shape index (κ3) is 3.85. The Morgan fingerprint density at radius 1 is 1.43 bits per heavy atom. The van der Waals surface area contributed by atoms with E-state index in [0.29, 0.717) is 5.92 Å². The number of aryl methyl sites for hydroxylation is 1. The highest BCUT2D eigenvalue weighted by atomic mass is 16.3. The largest absolute Gasteiger partial charge is 0.449 e. The summed E-state index contributed by atoms with van der Waals surface area (Å²) in [6, 6.07) is 6.20. The molecular weight excluding hydrogens is 288 g/mol. The van der Waals surface area contributed by atoms with Gasteiger partial charge in [-0.15, -0.1) is 0 Å². The number of piperidine rings is 1. The van der Waals surface area contributed by atoms with Gasteiger partial charge >= 0.3 is 0 Å². The van der Waals surface area contributed by atoms with Crippen LogP contribution < -0.4 is 16.0 Å². The van der Waals surface area contributed by atoms with Gasteiger partial charge in [0.25, 0.3) is 0 Å². The average molecular weight is 314 g/mol. The molecular formula is C18H26N4O. The summed E-state index contributed by atoms with van der Waals surface area (Å²) in [7, 11) is 0. The lowest BCUT2D eigenvalue weighted by Crippen LogP contribution is -2.46. The van der Waals surface area contributed by atoms with Gasteiger partial charge in [-0.2, -0.15) is 0 Å². The molecule has 0 amide bonds. The van der Waals surface area contributed by atoms with Crippen LogP contribution in [-0.2, 0) is 6.42 Å². The number of rotatable bonds is 5. The van der Waals surface area contributed by atoms with Crippen LogP contribution in [0.3, 0.4) is 0 Å². The summed E-state index contributed by atoms with van der Waals surface area (Å²) in [6.07, 6.45) is 6.74. The Bertz CT molecular complexity index is 616. The van der Waals surface area contributed by atoms with E-state index in [1.165, 1.54) is 5.69 Å². The van der Waals surface area contributed by atoms with E-state index in [1.54, 1.807) is 6.26 Å². The number of hydrogen-bond acceptors (Lipinski definition) is 5. The highest BCUT2D eigenvalue weighted by Crippen LogP contribution is 2.32. The fraction of sp³-hybridized carbons (Fsp3) is 0.500. The second-order valence-corrected chi connectivity index (χ2v) is 6.55. The van der Waals surface area contributed by atoms with Crippen LogP contribution >= 0.6 is 0 Å². The molecule has 5 heteroatoms. The van der Waals surface area contributed by atoms with E-state index in [4.69, 9.17) is 10.2 Å². The molecule has 0 radical (unpaired) electrons. The second-order valence-electron chi connectivity index (χ2n) is 6.55. The van der Waals surface area contributed by atoms with Gasteiger partial charge in [-0.3, -0.25) is 4.98 Å². The summed E-state index contributed by atoms with van der Waals surface area (Å²) in [6.45, 7) is 6.35. The molecule has 0 saturated carbocycles. The third-order valence-corrected chi connectivity index (χ3v) is 4.26. The van der Waals surface area contributed by atoms with Gasteiger partial charge in [0.15, 0.2) is 5.88 Å². The lowest BCUT2D eigenvalue weighted by Gasteiger charge is -2.37. The Morgan fingerprint density at radius 2 is 2.30 bits per heavy atom. The first-order valence-electron chi connectivity index (χ1n) is 8.45. The van der Waals surface area contributed by atoms with E-state index in [-0.39, 0.29) is 6.04 Å². The minimum absolute atomic E-state index is 0.220. The van der Waals surface area contributed by atoms with Crippen molar-refractivity contribution in [1.29, 1.82) is 0 Å². The number of nitrogens with one attached hydrogen (secondary N) is 1. The van der Waals surface area contributed by atoms with Gasteiger partial charge < -0.3 is 20.4 Å². The van der Waals surface area contributed by atoms with Gasteiger partial charge in [-0.1, -0.05) is 20.3 Å². The number of nitrogens with zero attached hydrogens (tertiary/aromatic N) is 2. The number of aromatic nitrogens is 1. The zero-order valence-electron chi connectivity index (χ0n) is 14.0. The van der Waals surface area contributed by atoms with Crippen LogP contribution in [0.5, 0.6) is 0 Å². The van der Waals surface area contributed by atoms with Gasteiger partial charge in [-0.25, -0.2) is 0 Å². The zero-order chi connectivity index (χ0) is 16.2. The fourth-order valence-corrected chi connectivity index (χ4v) is 3.32. The van der Waals surface area contributed by atoms with E-state index < -0.39 is 0 Å². The SMILES string of the molecule is CCCc1cc(N2CC(C)CC(N)C2)c(Nc2ccco2)cn1. The first kappa shape index (κ1) is 15.9. The van der Waals surface area contributed by atoms with E-state index in [0.717, 1.165) is 49.6 Å². The van der Waals surface area contributed by atoms with Crippen molar-refractivity contribution in [2.24, 2.45) is 11.7 Å². The number of nitrogens with two attached hydrogens (primary N) is 1.